The fourth-order valence-corrected chi connectivity index (χ4v) is 2.17. The quantitative estimate of drug-likeness (QED) is 0.858. The van der Waals surface area contributed by atoms with Gasteiger partial charge >= 0.3 is 0 Å². The zero-order valence-corrected chi connectivity index (χ0v) is 12.3. The van der Waals surface area contributed by atoms with E-state index < -0.39 is 0 Å². The van der Waals surface area contributed by atoms with Crippen LogP contribution in [0, 0.1) is 11.3 Å². The number of fused-ring (bicyclic) bond motifs is 1. The maximum atomic E-state index is 12.3. The van der Waals surface area contributed by atoms with Gasteiger partial charge < -0.3 is 10.6 Å². The lowest BCUT2D eigenvalue weighted by Gasteiger charge is -2.31. The normalized spacial score (nSPS) is 20.1. The summed E-state index contributed by atoms with van der Waals surface area (Å²) in [7, 11) is 0. The van der Waals surface area contributed by atoms with Crippen molar-refractivity contribution in [2.24, 2.45) is 11.3 Å². The van der Waals surface area contributed by atoms with Gasteiger partial charge in [-0.1, -0.05) is 39.0 Å². The van der Waals surface area contributed by atoms with Crippen LogP contribution in [0.1, 0.15) is 33.3 Å². The molecule has 1 aromatic rings. The number of benzene rings is 1. The smallest absolute Gasteiger partial charge is 0.225 e. The molecule has 0 fully saturated rings. The van der Waals surface area contributed by atoms with Gasteiger partial charge in [0, 0.05) is 18.3 Å². The number of rotatable bonds is 2. The Morgan fingerprint density at radius 2 is 2.05 bits per heavy atom. The van der Waals surface area contributed by atoms with E-state index in [0.29, 0.717) is 0 Å². The van der Waals surface area contributed by atoms with Crippen molar-refractivity contribution in [1.29, 1.82) is 0 Å². The molecule has 0 saturated carbocycles. The van der Waals surface area contributed by atoms with Crippen molar-refractivity contribution in [3.63, 3.8) is 0 Å². The first-order valence-corrected chi connectivity index (χ1v) is 7.00. The molecule has 3 heteroatoms. The predicted molar refractivity (Wildman–Crippen MR) is 79.2 cm³/mol. The van der Waals surface area contributed by atoms with E-state index >= 15 is 0 Å². The average molecular weight is 260 g/mol. The third-order valence-electron chi connectivity index (χ3n) is 4.05. The Balaban J connectivity index is 1.99. The molecule has 2 rings (SSSR count). The van der Waals surface area contributed by atoms with Crippen LogP contribution in [-0.4, -0.2) is 18.5 Å². The van der Waals surface area contributed by atoms with Crippen LogP contribution in [0.2, 0.25) is 0 Å². The summed E-state index contributed by atoms with van der Waals surface area (Å²) in [6.45, 7) is 9.23. The van der Waals surface area contributed by atoms with E-state index in [-0.39, 0.29) is 23.3 Å². The van der Waals surface area contributed by atoms with Crippen molar-refractivity contribution in [3.05, 3.63) is 29.8 Å². The average Bonchev–Trinajstić information content (AvgIpc) is 2.37. The van der Waals surface area contributed by atoms with Gasteiger partial charge in [0.1, 0.15) is 0 Å². The third kappa shape index (κ3) is 3.28. The molecule has 0 spiro atoms. The largest absolute Gasteiger partial charge is 0.384 e. The van der Waals surface area contributed by atoms with Crippen LogP contribution in [-0.2, 0) is 11.2 Å². The van der Waals surface area contributed by atoms with Gasteiger partial charge in [0.15, 0.2) is 0 Å². The van der Waals surface area contributed by atoms with Gasteiger partial charge in [-0.05, 0) is 30.4 Å². The van der Waals surface area contributed by atoms with E-state index in [1.54, 1.807) is 0 Å². The molecule has 2 unspecified atom stereocenters. The van der Waals surface area contributed by atoms with E-state index in [0.717, 1.165) is 18.7 Å². The molecular formula is C16H24N2O. The molecular weight excluding hydrogens is 236 g/mol. The molecule has 0 saturated heterocycles. The second-order valence-electron chi connectivity index (χ2n) is 6.54. The molecule has 19 heavy (non-hydrogen) atoms. The van der Waals surface area contributed by atoms with Crippen LogP contribution in [0.3, 0.4) is 0 Å². The number of hydrogen-bond acceptors (Lipinski definition) is 2. The summed E-state index contributed by atoms with van der Waals surface area (Å²) in [4.78, 5) is 12.3. The first-order chi connectivity index (χ1) is 8.88. The second-order valence-corrected chi connectivity index (χ2v) is 6.54. The standard InChI is InChI=1S/C16H24N2O/c1-11(16(2,3)4)18-15(19)13-9-12-7-5-6-8-14(12)17-10-13/h5-8,11,13,17H,9-10H2,1-4H3,(H,18,19). The predicted octanol–water partition coefficient (Wildman–Crippen LogP) is 2.82. The minimum absolute atomic E-state index is 0.0275. The van der Waals surface area contributed by atoms with E-state index in [2.05, 4.69) is 50.5 Å². The molecule has 0 bridgehead atoms. The number of amides is 1. The first-order valence-electron chi connectivity index (χ1n) is 7.00. The number of nitrogens with one attached hydrogen (secondary N) is 2. The summed E-state index contributed by atoms with van der Waals surface area (Å²) in [5.74, 6) is 0.184. The van der Waals surface area contributed by atoms with Crippen molar-refractivity contribution < 1.29 is 4.79 Å². The minimum atomic E-state index is 0.0275. The lowest BCUT2D eigenvalue weighted by Crippen LogP contribution is -2.46. The Hall–Kier alpha value is -1.51. The summed E-state index contributed by atoms with van der Waals surface area (Å²) in [6, 6.07) is 8.39. The summed E-state index contributed by atoms with van der Waals surface area (Å²) in [5, 5.41) is 6.49. The van der Waals surface area contributed by atoms with E-state index in [1.807, 2.05) is 12.1 Å². The molecule has 1 aliphatic heterocycles. The molecule has 3 nitrogen and oxygen atoms in total. The SMILES string of the molecule is CC(NC(=O)C1CNc2ccccc2C1)C(C)(C)C. The summed E-state index contributed by atoms with van der Waals surface area (Å²) in [5.41, 5.74) is 2.49. The van der Waals surface area contributed by atoms with Gasteiger partial charge in [0.2, 0.25) is 5.91 Å². The Kier molecular flexibility index (Phi) is 3.83. The van der Waals surface area contributed by atoms with Gasteiger partial charge in [0.05, 0.1) is 5.92 Å². The van der Waals surface area contributed by atoms with Gasteiger partial charge in [-0.15, -0.1) is 0 Å². The molecule has 1 aliphatic rings. The molecule has 1 heterocycles. The maximum Gasteiger partial charge on any atom is 0.225 e. The summed E-state index contributed by atoms with van der Waals surface area (Å²) < 4.78 is 0. The first kappa shape index (κ1) is 13.9. The van der Waals surface area contributed by atoms with Crippen molar-refractivity contribution in [2.45, 2.75) is 40.2 Å². The molecule has 2 atom stereocenters. The van der Waals surface area contributed by atoms with Crippen molar-refractivity contribution in [3.8, 4) is 0 Å². The molecule has 1 amide bonds. The maximum absolute atomic E-state index is 12.3. The van der Waals surface area contributed by atoms with Gasteiger partial charge in [-0.2, -0.15) is 0 Å². The van der Waals surface area contributed by atoms with E-state index in [9.17, 15) is 4.79 Å². The number of hydrogen-bond donors (Lipinski definition) is 2. The fraction of sp³-hybridized carbons (Fsp3) is 0.562. The van der Waals surface area contributed by atoms with Gasteiger partial charge in [0.25, 0.3) is 0 Å². The van der Waals surface area contributed by atoms with Crippen LogP contribution < -0.4 is 10.6 Å². The fourth-order valence-electron chi connectivity index (χ4n) is 2.17. The number of para-hydroxylation sites is 1. The highest BCUT2D eigenvalue weighted by atomic mass is 16.2. The van der Waals surface area contributed by atoms with Gasteiger partial charge in [-0.25, -0.2) is 0 Å². The van der Waals surface area contributed by atoms with Crippen molar-refractivity contribution >= 4 is 11.6 Å². The Bertz CT molecular complexity index is 462. The molecule has 0 radical (unpaired) electrons. The zero-order valence-electron chi connectivity index (χ0n) is 12.3. The lowest BCUT2D eigenvalue weighted by molar-refractivity contribution is -0.126. The van der Waals surface area contributed by atoms with Crippen LogP contribution in [0.25, 0.3) is 0 Å². The van der Waals surface area contributed by atoms with Crippen molar-refractivity contribution in [2.75, 3.05) is 11.9 Å². The molecule has 2 N–H and O–H groups in total. The molecule has 0 aliphatic carbocycles. The summed E-state index contributed by atoms with van der Waals surface area (Å²) in [6.07, 6.45) is 0.825. The number of carbonyl (C=O) groups is 1. The Morgan fingerprint density at radius 3 is 2.74 bits per heavy atom. The zero-order chi connectivity index (χ0) is 14.0. The monoisotopic (exact) mass is 260 g/mol. The number of anilines is 1. The van der Waals surface area contributed by atoms with Crippen LogP contribution in [0.15, 0.2) is 24.3 Å². The Morgan fingerprint density at radius 1 is 1.37 bits per heavy atom. The number of carbonyl (C=O) groups excluding carboxylic acids is 1. The van der Waals surface area contributed by atoms with Gasteiger partial charge in [-0.3, -0.25) is 4.79 Å². The highest BCUT2D eigenvalue weighted by Crippen LogP contribution is 2.25. The highest BCUT2D eigenvalue weighted by molar-refractivity contribution is 5.81. The topological polar surface area (TPSA) is 41.1 Å². The highest BCUT2D eigenvalue weighted by Gasteiger charge is 2.28. The second kappa shape index (κ2) is 5.24. The van der Waals surface area contributed by atoms with Crippen molar-refractivity contribution in [1.82, 2.24) is 5.32 Å². The molecule has 1 aromatic carbocycles. The lowest BCUT2D eigenvalue weighted by atomic mass is 9.87. The van der Waals surface area contributed by atoms with Crippen LogP contribution in [0.5, 0.6) is 0 Å². The minimum Gasteiger partial charge on any atom is -0.384 e. The third-order valence-corrected chi connectivity index (χ3v) is 4.05. The molecule has 0 aromatic heterocycles. The Labute approximate surface area is 115 Å². The summed E-state index contributed by atoms with van der Waals surface area (Å²) >= 11 is 0. The van der Waals surface area contributed by atoms with E-state index in [1.165, 1.54) is 5.56 Å². The van der Waals surface area contributed by atoms with Crippen LogP contribution >= 0.6 is 0 Å². The van der Waals surface area contributed by atoms with E-state index in [4.69, 9.17) is 0 Å². The molecule has 104 valence electrons. The van der Waals surface area contributed by atoms with Crippen LogP contribution in [0.4, 0.5) is 5.69 Å².